The fourth-order valence-electron chi connectivity index (χ4n) is 2.59. The van der Waals surface area contributed by atoms with Crippen molar-refractivity contribution in [2.24, 2.45) is 11.3 Å². The molecule has 23 heavy (non-hydrogen) atoms. The third kappa shape index (κ3) is 4.52. The summed E-state index contributed by atoms with van der Waals surface area (Å²) >= 11 is 1.55. The van der Waals surface area contributed by atoms with Gasteiger partial charge in [-0.1, -0.05) is 51.1 Å². The van der Waals surface area contributed by atoms with Crippen molar-refractivity contribution in [3.05, 3.63) is 60.2 Å². The van der Waals surface area contributed by atoms with Crippen LogP contribution in [0.5, 0.6) is 5.75 Å². The SMILES string of the molecule is CC(C)(C)C(C(=O)O)C(Sc1ccccc1)c1ccc(O)cc1. The van der Waals surface area contributed by atoms with E-state index in [0.29, 0.717) is 0 Å². The normalized spacial score (nSPS) is 14.2. The summed E-state index contributed by atoms with van der Waals surface area (Å²) in [4.78, 5) is 13.0. The minimum Gasteiger partial charge on any atom is -0.508 e. The molecule has 4 heteroatoms. The quantitative estimate of drug-likeness (QED) is 0.760. The van der Waals surface area contributed by atoms with Gasteiger partial charge in [-0.05, 0) is 35.2 Å². The van der Waals surface area contributed by atoms with Gasteiger partial charge in [0.1, 0.15) is 5.75 Å². The summed E-state index contributed by atoms with van der Waals surface area (Å²) in [5, 5.41) is 19.1. The summed E-state index contributed by atoms with van der Waals surface area (Å²) in [5.41, 5.74) is 0.509. The van der Waals surface area contributed by atoms with Crippen molar-refractivity contribution in [2.45, 2.75) is 30.9 Å². The van der Waals surface area contributed by atoms with E-state index in [4.69, 9.17) is 0 Å². The number of aromatic hydroxyl groups is 1. The Morgan fingerprint density at radius 3 is 2.04 bits per heavy atom. The number of aliphatic carboxylic acids is 1. The van der Waals surface area contributed by atoms with Crippen molar-refractivity contribution in [3.63, 3.8) is 0 Å². The van der Waals surface area contributed by atoms with Crippen molar-refractivity contribution >= 4 is 17.7 Å². The van der Waals surface area contributed by atoms with Gasteiger partial charge in [0.05, 0.1) is 5.92 Å². The molecule has 0 spiro atoms. The predicted octanol–water partition coefficient (Wildman–Crippen LogP) is 4.97. The van der Waals surface area contributed by atoms with Gasteiger partial charge in [-0.15, -0.1) is 11.8 Å². The molecule has 0 bridgehead atoms. The number of hydrogen-bond acceptors (Lipinski definition) is 3. The number of carboxylic acids is 1. The van der Waals surface area contributed by atoms with Crippen LogP contribution in [0.2, 0.25) is 0 Å². The van der Waals surface area contributed by atoms with Crippen LogP contribution in [0.4, 0.5) is 0 Å². The summed E-state index contributed by atoms with van der Waals surface area (Å²) in [6.45, 7) is 5.85. The molecule has 3 nitrogen and oxygen atoms in total. The Morgan fingerprint density at radius 2 is 1.57 bits per heavy atom. The molecule has 2 aromatic carbocycles. The van der Waals surface area contributed by atoms with Crippen LogP contribution in [0.3, 0.4) is 0 Å². The monoisotopic (exact) mass is 330 g/mol. The van der Waals surface area contributed by atoms with Crippen LogP contribution in [0.15, 0.2) is 59.5 Å². The molecule has 2 N–H and O–H groups in total. The molecule has 2 atom stereocenters. The third-order valence-corrected chi connectivity index (χ3v) is 5.07. The van der Waals surface area contributed by atoms with Gasteiger partial charge in [0.25, 0.3) is 0 Å². The van der Waals surface area contributed by atoms with Crippen LogP contribution in [-0.4, -0.2) is 16.2 Å². The highest BCUT2D eigenvalue weighted by atomic mass is 32.2. The van der Waals surface area contributed by atoms with E-state index in [2.05, 4.69) is 0 Å². The first-order valence-corrected chi connectivity index (χ1v) is 8.40. The Bertz CT molecular complexity index is 645. The molecule has 0 aliphatic carbocycles. The lowest BCUT2D eigenvalue weighted by Crippen LogP contribution is -2.32. The van der Waals surface area contributed by atoms with Crippen molar-refractivity contribution in [3.8, 4) is 5.75 Å². The average Bonchev–Trinajstić information content (AvgIpc) is 2.46. The van der Waals surface area contributed by atoms with E-state index in [1.165, 1.54) is 0 Å². The van der Waals surface area contributed by atoms with E-state index in [9.17, 15) is 15.0 Å². The molecular formula is C19H22O3S. The maximum Gasteiger partial charge on any atom is 0.308 e. The first-order chi connectivity index (χ1) is 10.8. The lowest BCUT2D eigenvalue weighted by molar-refractivity contribution is -0.145. The zero-order valence-electron chi connectivity index (χ0n) is 13.6. The summed E-state index contributed by atoms with van der Waals surface area (Å²) in [6.07, 6.45) is 0. The van der Waals surface area contributed by atoms with Crippen LogP contribution in [-0.2, 0) is 4.79 Å². The van der Waals surface area contributed by atoms with E-state index in [0.717, 1.165) is 10.5 Å². The van der Waals surface area contributed by atoms with Crippen LogP contribution in [0, 0.1) is 11.3 Å². The van der Waals surface area contributed by atoms with E-state index < -0.39 is 17.3 Å². The Morgan fingerprint density at radius 1 is 1.00 bits per heavy atom. The zero-order valence-corrected chi connectivity index (χ0v) is 14.4. The topological polar surface area (TPSA) is 57.5 Å². The highest BCUT2D eigenvalue weighted by Gasteiger charge is 2.39. The summed E-state index contributed by atoms with van der Waals surface area (Å²) in [7, 11) is 0. The minimum atomic E-state index is -0.806. The molecule has 0 saturated heterocycles. The molecular weight excluding hydrogens is 308 g/mol. The lowest BCUT2D eigenvalue weighted by atomic mass is 9.77. The van der Waals surface area contributed by atoms with Gasteiger partial charge in [-0.25, -0.2) is 0 Å². The van der Waals surface area contributed by atoms with Gasteiger partial charge in [0.15, 0.2) is 0 Å². The Hall–Kier alpha value is -1.94. The molecule has 0 fully saturated rings. The van der Waals surface area contributed by atoms with Crippen molar-refractivity contribution in [1.82, 2.24) is 0 Å². The number of phenolic OH excluding ortho intramolecular Hbond substituents is 1. The molecule has 0 aliphatic heterocycles. The lowest BCUT2D eigenvalue weighted by Gasteiger charge is -2.34. The number of thioether (sulfide) groups is 1. The second kappa shape index (κ2) is 7.09. The van der Waals surface area contributed by atoms with E-state index >= 15 is 0 Å². The van der Waals surface area contributed by atoms with Gasteiger partial charge < -0.3 is 10.2 Å². The molecule has 0 radical (unpaired) electrons. The smallest absolute Gasteiger partial charge is 0.308 e. The second-order valence-corrected chi connectivity index (χ2v) is 7.84. The van der Waals surface area contributed by atoms with E-state index in [1.54, 1.807) is 36.0 Å². The first kappa shape index (κ1) is 17.4. The number of carboxylic acid groups (broad SMARTS) is 1. The number of carbonyl (C=O) groups is 1. The molecule has 2 rings (SSSR count). The second-order valence-electron chi connectivity index (χ2n) is 6.62. The van der Waals surface area contributed by atoms with Crippen molar-refractivity contribution in [2.75, 3.05) is 0 Å². The zero-order chi connectivity index (χ0) is 17.0. The number of benzene rings is 2. The number of rotatable bonds is 5. The molecule has 2 aromatic rings. The maximum absolute atomic E-state index is 12.0. The Balaban J connectivity index is 2.45. The minimum absolute atomic E-state index is 0.180. The average molecular weight is 330 g/mol. The maximum atomic E-state index is 12.0. The fourth-order valence-corrected chi connectivity index (χ4v) is 4.15. The van der Waals surface area contributed by atoms with Crippen molar-refractivity contribution < 1.29 is 15.0 Å². The molecule has 0 saturated carbocycles. The summed E-state index contributed by atoms with van der Waals surface area (Å²) < 4.78 is 0. The van der Waals surface area contributed by atoms with Gasteiger partial charge >= 0.3 is 5.97 Å². The largest absolute Gasteiger partial charge is 0.508 e. The molecule has 0 aromatic heterocycles. The Kier molecular flexibility index (Phi) is 5.37. The van der Waals surface area contributed by atoms with E-state index in [1.807, 2.05) is 51.1 Å². The van der Waals surface area contributed by atoms with Gasteiger partial charge in [-0.2, -0.15) is 0 Å². The fraction of sp³-hybridized carbons (Fsp3) is 0.316. The van der Waals surface area contributed by atoms with E-state index in [-0.39, 0.29) is 11.0 Å². The molecule has 122 valence electrons. The van der Waals surface area contributed by atoms with Gasteiger partial charge in [0, 0.05) is 10.1 Å². The van der Waals surface area contributed by atoms with Crippen LogP contribution in [0.1, 0.15) is 31.6 Å². The number of phenols is 1. The third-order valence-electron chi connectivity index (χ3n) is 3.73. The molecule has 0 aliphatic rings. The van der Waals surface area contributed by atoms with Crippen LogP contribution < -0.4 is 0 Å². The highest BCUT2D eigenvalue weighted by molar-refractivity contribution is 7.99. The summed E-state index contributed by atoms with van der Waals surface area (Å²) in [6, 6.07) is 16.6. The predicted molar refractivity (Wildman–Crippen MR) is 93.7 cm³/mol. The van der Waals surface area contributed by atoms with Crippen LogP contribution >= 0.6 is 11.8 Å². The first-order valence-electron chi connectivity index (χ1n) is 7.52. The summed E-state index contributed by atoms with van der Waals surface area (Å²) in [5.74, 6) is -1.18. The standard InChI is InChI=1S/C19H22O3S/c1-19(2,3)16(18(21)22)17(13-9-11-14(20)12-10-13)23-15-7-5-4-6-8-15/h4-12,16-17,20H,1-3H3,(H,21,22). The number of hydrogen-bond donors (Lipinski definition) is 2. The highest BCUT2D eigenvalue weighted by Crippen LogP contribution is 2.47. The van der Waals surface area contributed by atoms with Gasteiger partial charge in [-0.3, -0.25) is 4.79 Å². The molecule has 2 unspecified atom stereocenters. The van der Waals surface area contributed by atoms with Crippen molar-refractivity contribution in [1.29, 1.82) is 0 Å². The van der Waals surface area contributed by atoms with Crippen LogP contribution in [0.25, 0.3) is 0 Å². The Labute approximate surface area is 141 Å². The van der Waals surface area contributed by atoms with Gasteiger partial charge in [0.2, 0.25) is 0 Å². The molecule has 0 amide bonds. The molecule has 0 heterocycles.